The average Bonchev–Trinajstić information content (AvgIpc) is 3.31. The summed E-state index contributed by atoms with van der Waals surface area (Å²) >= 11 is 0. The molecule has 0 aliphatic heterocycles. The summed E-state index contributed by atoms with van der Waals surface area (Å²) in [5.41, 5.74) is 8.12. The molecule has 0 saturated heterocycles. The van der Waals surface area contributed by atoms with Crippen molar-refractivity contribution < 1.29 is 4.74 Å². The molecule has 4 nitrogen and oxygen atoms in total. The summed E-state index contributed by atoms with van der Waals surface area (Å²) in [6, 6.07) is 8.67. The van der Waals surface area contributed by atoms with E-state index in [2.05, 4.69) is 29.9 Å². The first kappa shape index (κ1) is 14.1. The third kappa shape index (κ3) is 2.95. The Kier molecular flexibility index (Phi) is 3.72. The normalized spacial score (nSPS) is 16.4. The molecule has 0 bridgehead atoms. The van der Waals surface area contributed by atoms with Gasteiger partial charge in [0.15, 0.2) is 0 Å². The SMILES string of the molecule is COc1ccc2cc(CN(C)C(C)C3CC3)c(N)nc2c1. The number of benzene rings is 1. The summed E-state index contributed by atoms with van der Waals surface area (Å²) in [5, 5.41) is 1.10. The molecule has 2 N–H and O–H groups in total. The second-order valence-corrected chi connectivity index (χ2v) is 6.08. The van der Waals surface area contributed by atoms with Gasteiger partial charge in [0.25, 0.3) is 0 Å². The van der Waals surface area contributed by atoms with Crippen LogP contribution in [0.4, 0.5) is 5.82 Å². The summed E-state index contributed by atoms with van der Waals surface area (Å²) in [7, 11) is 3.83. The third-order valence-electron chi connectivity index (χ3n) is 4.56. The van der Waals surface area contributed by atoms with Crippen molar-refractivity contribution in [2.24, 2.45) is 5.92 Å². The zero-order valence-electron chi connectivity index (χ0n) is 13.0. The van der Waals surface area contributed by atoms with Crippen molar-refractivity contribution in [3.63, 3.8) is 0 Å². The summed E-state index contributed by atoms with van der Waals surface area (Å²) < 4.78 is 5.23. The Morgan fingerprint density at radius 3 is 2.81 bits per heavy atom. The molecular formula is C17H23N3O. The fraction of sp³-hybridized carbons (Fsp3) is 0.471. The molecule has 3 rings (SSSR count). The number of nitrogens with zero attached hydrogens (tertiary/aromatic N) is 2. The molecule has 0 spiro atoms. The fourth-order valence-corrected chi connectivity index (χ4v) is 2.81. The van der Waals surface area contributed by atoms with Crippen molar-refractivity contribution in [3.8, 4) is 5.75 Å². The van der Waals surface area contributed by atoms with Gasteiger partial charge in [-0.05, 0) is 50.9 Å². The quantitative estimate of drug-likeness (QED) is 0.917. The van der Waals surface area contributed by atoms with E-state index in [9.17, 15) is 0 Å². The van der Waals surface area contributed by atoms with E-state index in [4.69, 9.17) is 10.5 Å². The highest BCUT2D eigenvalue weighted by Gasteiger charge is 2.30. The predicted octanol–water partition coefficient (Wildman–Crippen LogP) is 3.06. The lowest BCUT2D eigenvalue weighted by Gasteiger charge is -2.25. The van der Waals surface area contributed by atoms with Crippen LogP contribution in [0, 0.1) is 5.92 Å². The van der Waals surface area contributed by atoms with Crippen LogP contribution in [0.15, 0.2) is 24.3 Å². The molecule has 0 radical (unpaired) electrons. The van der Waals surface area contributed by atoms with E-state index in [0.717, 1.165) is 34.7 Å². The number of methoxy groups -OCH3 is 1. The Morgan fingerprint density at radius 2 is 2.14 bits per heavy atom. The van der Waals surface area contributed by atoms with Gasteiger partial charge >= 0.3 is 0 Å². The summed E-state index contributed by atoms with van der Waals surface area (Å²) in [6.45, 7) is 3.14. The molecule has 21 heavy (non-hydrogen) atoms. The second-order valence-electron chi connectivity index (χ2n) is 6.08. The Balaban J connectivity index is 1.86. The maximum absolute atomic E-state index is 6.14. The Morgan fingerprint density at radius 1 is 1.38 bits per heavy atom. The number of rotatable bonds is 5. The van der Waals surface area contributed by atoms with Gasteiger partial charge in [-0.1, -0.05) is 0 Å². The number of ether oxygens (including phenoxy) is 1. The van der Waals surface area contributed by atoms with E-state index in [-0.39, 0.29) is 0 Å². The van der Waals surface area contributed by atoms with Gasteiger partial charge in [0.05, 0.1) is 12.6 Å². The zero-order chi connectivity index (χ0) is 15.0. The number of nitrogen functional groups attached to an aromatic ring is 1. The van der Waals surface area contributed by atoms with Crippen LogP contribution in [0.2, 0.25) is 0 Å². The van der Waals surface area contributed by atoms with Gasteiger partial charge in [0, 0.05) is 29.6 Å². The number of hydrogen-bond acceptors (Lipinski definition) is 4. The molecule has 1 heterocycles. The zero-order valence-corrected chi connectivity index (χ0v) is 13.0. The van der Waals surface area contributed by atoms with E-state index in [1.807, 2.05) is 18.2 Å². The van der Waals surface area contributed by atoms with Crippen LogP contribution in [0.25, 0.3) is 10.9 Å². The van der Waals surface area contributed by atoms with E-state index >= 15 is 0 Å². The molecule has 1 aliphatic carbocycles. The summed E-state index contributed by atoms with van der Waals surface area (Å²) in [4.78, 5) is 6.90. The fourth-order valence-electron chi connectivity index (χ4n) is 2.81. The van der Waals surface area contributed by atoms with E-state index < -0.39 is 0 Å². The summed E-state index contributed by atoms with van der Waals surface area (Å²) in [6.07, 6.45) is 2.72. The lowest BCUT2D eigenvalue weighted by Crippen LogP contribution is -2.30. The molecule has 0 amide bonds. The minimum atomic E-state index is 0.607. The third-order valence-corrected chi connectivity index (χ3v) is 4.56. The van der Waals surface area contributed by atoms with Gasteiger partial charge < -0.3 is 10.5 Å². The molecule has 1 atom stereocenters. The highest BCUT2D eigenvalue weighted by molar-refractivity contribution is 5.82. The first-order valence-corrected chi connectivity index (χ1v) is 7.52. The van der Waals surface area contributed by atoms with Crippen LogP contribution >= 0.6 is 0 Å². The van der Waals surface area contributed by atoms with Crippen molar-refractivity contribution in [1.29, 1.82) is 0 Å². The smallest absolute Gasteiger partial charge is 0.128 e. The topological polar surface area (TPSA) is 51.4 Å². The van der Waals surface area contributed by atoms with Gasteiger partial charge in [-0.25, -0.2) is 4.98 Å². The average molecular weight is 285 g/mol. The molecule has 112 valence electrons. The highest BCUT2D eigenvalue weighted by Crippen LogP contribution is 2.35. The number of fused-ring (bicyclic) bond motifs is 1. The Hall–Kier alpha value is -1.81. The standard InChI is InChI=1S/C17H23N3O/c1-11(12-4-5-12)20(2)10-14-8-13-6-7-15(21-3)9-16(13)19-17(14)18/h6-9,11-12H,4-5,10H2,1-3H3,(H2,18,19). The Bertz CT molecular complexity index is 652. The van der Waals surface area contributed by atoms with Crippen LogP contribution < -0.4 is 10.5 Å². The van der Waals surface area contributed by atoms with Crippen LogP contribution in [-0.4, -0.2) is 30.1 Å². The van der Waals surface area contributed by atoms with Crippen molar-refractivity contribution in [3.05, 3.63) is 29.8 Å². The predicted molar refractivity (Wildman–Crippen MR) is 86.4 cm³/mol. The lowest BCUT2D eigenvalue weighted by molar-refractivity contribution is 0.227. The molecule has 1 aromatic carbocycles. The first-order valence-electron chi connectivity index (χ1n) is 7.52. The molecular weight excluding hydrogens is 262 g/mol. The largest absolute Gasteiger partial charge is 0.497 e. The molecule has 1 saturated carbocycles. The first-order chi connectivity index (χ1) is 10.1. The number of hydrogen-bond donors (Lipinski definition) is 1. The number of anilines is 1. The van der Waals surface area contributed by atoms with Crippen LogP contribution in [-0.2, 0) is 6.54 Å². The minimum Gasteiger partial charge on any atom is -0.497 e. The maximum atomic E-state index is 6.14. The van der Waals surface area contributed by atoms with Crippen LogP contribution in [0.5, 0.6) is 5.75 Å². The van der Waals surface area contributed by atoms with E-state index in [1.54, 1.807) is 7.11 Å². The van der Waals surface area contributed by atoms with Gasteiger partial charge in [0.2, 0.25) is 0 Å². The van der Waals surface area contributed by atoms with Gasteiger partial charge in [0.1, 0.15) is 11.6 Å². The maximum Gasteiger partial charge on any atom is 0.128 e. The molecule has 2 aromatic rings. The van der Waals surface area contributed by atoms with Gasteiger partial charge in [-0.2, -0.15) is 0 Å². The number of nitrogens with two attached hydrogens (primary N) is 1. The van der Waals surface area contributed by atoms with Gasteiger partial charge in [-0.3, -0.25) is 4.90 Å². The van der Waals surface area contributed by atoms with Crippen molar-refractivity contribution in [2.45, 2.75) is 32.4 Å². The minimum absolute atomic E-state index is 0.607. The lowest BCUT2D eigenvalue weighted by atomic mass is 10.1. The second kappa shape index (κ2) is 5.53. The van der Waals surface area contributed by atoms with Crippen molar-refractivity contribution in [1.82, 2.24) is 9.88 Å². The molecule has 1 aromatic heterocycles. The van der Waals surface area contributed by atoms with Gasteiger partial charge in [-0.15, -0.1) is 0 Å². The number of pyridine rings is 1. The molecule has 1 fully saturated rings. The molecule has 1 aliphatic rings. The monoisotopic (exact) mass is 285 g/mol. The molecule has 1 unspecified atom stereocenters. The molecule has 4 heteroatoms. The van der Waals surface area contributed by atoms with Crippen molar-refractivity contribution >= 4 is 16.7 Å². The number of aromatic nitrogens is 1. The highest BCUT2D eigenvalue weighted by atomic mass is 16.5. The van der Waals surface area contributed by atoms with Crippen molar-refractivity contribution in [2.75, 3.05) is 19.9 Å². The summed E-state index contributed by atoms with van der Waals surface area (Å²) in [5.74, 6) is 2.28. The van der Waals surface area contributed by atoms with Crippen LogP contribution in [0.1, 0.15) is 25.3 Å². The van der Waals surface area contributed by atoms with E-state index in [1.165, 1.54) is 12.8 Å². The Labute approximate surface area is 125 Å². The van der Waals surface area contributed by atoms with Crippen LogP contribution in [0.3, 0.4) is 0 Å². The van der Waals surface area contributed by atoms with E-state index in [0.29, 0.717) is 11.9 Å².